The fraction of sp³-hybridized carbons (Fsp3) is 0.286. The molecule has 2 heterocycles. The van der Waals surface area contributed by atoms with Crippen molar-refractivity contribution in [3.8, 4) is 5.75 Å². The number of aromatic nitrogens is 3. The lowest BCUT2D eigenvalue weighted by atomic mass is 10.2. The Morgan fingerprint density at radius 3 is 2.70 bits per heavy atom. The molecule has 1 aromatic carbocycles. The molecule has 2 N–H and O–H groups in total. The lowest BCUT2D eigenvalue weighted by Crippen LogP contribution is -2.42. The number of benzene rings is 1. The van der Waals surface area contributed by atoms with E-state index in [2.05, 4.69) is 15.4 Å². The summed E-state index contributed by atoms with van der Waals surface area (Å²) in [5.74, 6) is -0.299. The summed E-state index contributed by atoms with van der Waals surface area (Å²) < 4.78 is 5.17. The molecule has 0 spiro atoms. The molecule has 0 radical (unpaired) electrons. The quantitative estimate of drug-likeness (QED) is 0.750. The highest BCUT2D eigenvalue weighted by Crippen LogP contribution is 2.07. The third kappa shape index (κ3) is 3.29. The van der Waals surface area contributed by atoms with Crippen LogP contribution < -0.4 is 5.56 Å². The number of carbonyl (C=O) groups is 1. The van der Waals surface area contributed by atoms with Crippen molar-refractivity contribution in [2.45, 2.75) is 0 Å². The number of hydrogen-bond donors (Lipinski definition) is 2. The first-order valence-corrected chi connectivity index (χ1v) is 7.03. The van der Waals surface area contributed by atoms with Crippen molar-refractivity contribution in [2.75, 3.05) is 26.3 Å². The van der Waals surface area contributed by atoms with Crippen LogP contribution in [0, 0.1) is 0 Å². The summed E-state index contributed by atoms with van der Waals surface area (Å²) in [5, 5.41) is 19.3. The average molecular weight is 317 g/mol. The van der Waals surface area contributed by atoms with Gasteiger partial charge in [-0.05, 0) is 29.8 Å². The minimum absolute atomic E-state index is 0.138. The maximum absolute atomic E-state index is 12.2. The molecule has 0 aliphatic carbocycles. The highest BCUT2D eigenvalue weighted by atomic mass is 16.5. The van der Waals surface area contributed by atoms with E-state index in [0.29, 0.717) is 31.9 Å². The largest absolute Gasteiger partial charge is 0.508 e. The molecule has 1 fully saturated rings. The molecular weight excluding hydrogens is 302 g/mol. The van der Waals surface area contributed by atoms with Gasteiger partial charge in [-0.25, -0.2) is 0 Å². The highest BCUT2D eigenvalue weighted by Gasteiger charge is 2.24. The summed E-state index contributed by atoms with van der Waals surface area (Å²) in [5.41, 5.74) is -0.128. The number of hydrogen-bond acceptors (Lipinski definition) is 6. The van der Waals surface area contributed by atoms with Crippen LogP contribution in [0.3, 0.4) is 0 Å². The van der Waals surface area contributed by atoms with Gasteiger partial charge in [0.1, 0.15) is 5.75 Å². The van der Waals surface area contributed by atoms with Gasteiger partial charge in [0.2, 0.25) is 5.69 Å². The van der Waals surface area contributed by atoms with Gasteiger partial charge in [-0.1, -0.05) is 0 Å². The van der Waals surface area contributed by atoms with Crippen LogP contribution in [-0.2, 0) is 4.74 Å². The Kier molecular flexibility index (Phi) is 4.20. The molecule has 1 saturated heterocycles. The number of nitrogens with zero attached hydrogens (tertiary/aromatic N) is 4. The van der Waals surface area contributed by atoms with Crippen molar-refractivity contribution in [1.82, 2.24) is 20.0 Å². The van der Waals surface area contributed by atoms with Crippen LogP contribution in [0.15, 0.2) is 34.2 Å². The van der Waals surface area contributed by atoms with Gasteiger partial charge in [0.25, 0.3) is 5.91 Å². The Morgan fingerprint density at radius 2 is 2.00 bits per heavy atom. The first-order chi connectivity index (χ1) is 11.1. The first kappa shape index (κ1) is 15.0. The van der Waals surface area contributed by atoms with Crippen LogP contribution in [0.5, 0.6) is 5.75 Å². The summed E-state index contributed by atoms with van der Waals surface area (Å²) in [6.45, 7) is 1.76. The van der Waals surface area contributed by atoms with E-state index in [1.54, 1.807) is 12.1 Å². The lowest BCUT2D eigenvalue weighted by Gasteiger charge is -2.25. The molecule has 0 saturated carbocycles. The van der Waals surface area contributed by atoms with Crippen LogP contribution in [0.1, 0.15) is 16.1 Å². The van der Waals surface area contributed by atoms with Crippen LogP contribution in [0.4, 0.5) is 0 Å². The smallest absolute Gasteiger partial charge is 0.320 e. The van der Waals surface area contributed by atoms with Crippen molar-refractivity contribution >= 4 is 12.1 Å². The Hall–Kier alpha value is -2.94. The molecule has 1 aliphatic heterocycles. The maximum Gasteiger partial charge on any atom is 0.320 e. The second-order valence-electron chi connectivity index (χ2n) is 4.92. The Labute approximate surface area is 130 Å². The van der Waals surface area contributed by atoms with E-state index in [1.807, 2.05) is 0 Å². The number of rotatable bonds is 3. The molecule has 0 bridgehead atoms. The van der Waals surface area contributed by atoms with E-state index in [9.17, 15) is 14.7 Å². The standard InChI is InChI=1S/C14H15N5O4/c20-11-3-1-10(2-4-11)9-15-19-14(22)12(16-17-19)13(21)18-5-7-23-8-6-18/h1-4,9,17,20H,5-8H2/b15-9+. The van der Waals surface area contributed by atoms with E-state index in [-0.39, 0.29) is 11.4 Å². The molecule has 9 nitrogen and oxygen atoms in total. The predicted octanol–water partition coefficient (Wildman–Crippen LogP) is -0.368. The zero-order valence-electron chi connectivity index (χ0n) is 12.2. The third-order valence-electron chi connectivity index (χ3n) is 3.37. The van der Waals surface area contributed by atoms with E-state index in [4.69, 9.17) is 4.74 Å². The van der Waals surface area contributed by atoms with Crippen molar-refractivity contribution in [1.29, 1.82) is 0 Å². The molecule has 0 unspecified atom stereocenters. The molecular formula is C14H15N5O4. The van der Waals surface area contributed by atoms with Gasteiger partial charge >= 0.3 is 5.56 Å². The van der Waals surface area contributed by atoms with Gasteiger partial charge in [-0.15, -0.1) is 9.89 Å². The predicted molar refractivity (Wildman–Crippen MR) is 80.7 cm³/mol. The number of H-pyrrole nitrogens is 1. The summed E-state index contributed by atoms with van der Waals surface area (Å²) in [6, 6.07) is 6.29. The number of morpholine rings is 1. The van der Waals surface area contributed by atoms with E-state index in [0.717, 1.165) is 4.79 Å². The number of amides is 1. The monoisotopic (exact) mass is 317 g/mol. The second kappa shape index (κ2) is 6.44. The number of aromatic hydroxyl groups is 1. The number of aromatic amines is 1. The number of ether oxygens (including phenoxy) is 1. The summed E-state index contributed by atoms with van der Waals surface area (Å²) >= 11 is 0. The molecule has 1 aromatic heterocycles. The van der Waals surface area contributed by atoms with Gasteiger partial charge in [-0.3, -0.25) is 9.59 Å². The Morgan fingerprint density at radius 1 is 1.30 bits per heavy atom. The summed E-state index contributed by atoms with van der Waals surface area (Å²) in [6.07, 6.45) is 1.42. The fourth-order valence-electron chi connectivity index (χ4n) is 2.11. The van der Waals surface area contributed by atoms with Crippen molar-refractivity contribution in [3.05, 3.63) is 45.9 Å². The van der Waals surface area contributed by atoms with Gasteiger partial charge in [0, 0.05) is 13.1 Å². The van der Waals surface area contributed by atoms with Gasteiger partial charge in [0.15, 0.2) is 0 Å². The molecule has 1 amide bonds. The lowest BCUT2D eigenvalue weighted by molar-refractivity contribution is 0.0298. The van der Waals surface area contributed by atoms with Crippen LogP contribution >= 0.6 is 0 Å². The van der Waals surface area contributed by atoms with E-state index < -0.39 is 11.5 Å². The normalized spacial score (nSPS) is 15.2. The summed E-state index contributed by atoms with van der Waals surface area (Å²) in [7, 11) is 0. The molecule has 1 aliphatic rings. The number of phenolic OH excluding ortho intramolecular Hbond substituents is 1. The van der Waals surface area contributed by atoms with Crippen LogP contribution in [-0.4, -0.2) is 63.5 Å². The SMILES string of the molecule is O=C(c1n[nH]n(/N=C/c2ccc(O)cc2)c1=O)N1CCOCC1. The maximum atomic E-state index is 12.2. The van der Waals surface area contributed by atoms with E-state index >= 15 is 0 Å². The molecule has 2 aromatic rings. The van der Waals surface area contributed by atoms with Crippen molar-refractivity contribution in [3.63, 3.8) is 0 Å². The first-order valence-electron chi connectivity index (χ1n) is 7.03. The Bertz CT molecular complexity index is 771. The zero-order valence-corrected chi connectivity index (χ0v) is 12.2. The van der Waals surface area contributed by atoms with Crippen LogP contribution in [0.25, 0.3) is 0 Å². The minimum atomic E-state index is -0.614. The summed E-state index contributed by atoms with van der Waals surface area (Å²) in [4.78, 5) is 26.8. The van der Waals surface area contributed by atoms with E-state index in [1.165, 1.54) is 23.2 Å². The number of phenols is 1. The molecule has 120 valence electrons. The molecule has 23 heavy (non-hydrogen) atoms. The topological polar surface area (TPSA) is 113 Å². The van der Waals surface area contributed by atoms with Gasteiger partial charge in [0.05, 0.1) is 19.4 Å². The zero-order chi connectivity index (χ0) is 16.2. The number of nitrogens with one attached hydrogen (secondary N) is 1. The Balaban J connectivity index is 1.77. The number of carbonyl (C=O) groups excluding carboxylic acids is 1. The minimum Gasteiger partial charge on any atom is -0.508 e. The third-order valence-corrected chi connectivity index (χ3v) is 3.37. The molecule has 3 rings (SSSR count). The molecule has 9 heteroatoms. The van der Waals surface area contributed by atoms with Crippen LogP contribution in [0.2, 0.25) is 0 Å². The average Bonchev–Trinajstić information content (AvgIpc) is 2.95. The second-order valence-corrected chi connectivity index (χ2v) is 4.92. The highest BCUT2D eigenvalue weighted by molar-refractivity contribution is 5.92. The van der Waals surface area contributed by atoms with Crippen molar-refractivity contribution in [2.24, 2.45) is 5.10 Å². The fourth-order valence-corrected chi connectivity index (χ4v) is 2.11. The van der Waals surface area contributed by atoms with Gasteiger partial charge in [-0.2, -0.15) is 10.3 Å². The molecule has 0 atom stereocenters. The van der Waals surface area contributed by atoms with Crippen molar-refractivity contribution < 1.29 is 14.6 Å². The van der Waals surface area contributed by atoms with Gasteiger partial charge < -0.3 is 14.7 Å².